The average molecular weight is 475 g/mol. The topological polar surface area (TPSA) is 20.2 Å². The van der Waals surface area contributed by atoms with E-state index < -0.39 is 0 Å². The molecular weight excluding hydrogens is 412 g/mol. The number of hydrogen-bond donors (Lipinski definition) is 1. The molecule has 0 aliphatic heterocycles. The molecule has 1 N–H and O–H groups in total. The molecule has 200 valence electrons. The number of aliphatic hydroxyl groups excluding tert-OH is 1. The molecule has 1 heteroatoms. The molecule has 0 spiro atoms. The zero-order valence-corrected chi connectivity index (χ0v) is 23.6. The maximum Gasteiger partial charge on any atom is 0.0431 e. The lowest BCUT2D eigenvalue weighted by molar-refractivity contribution is 0.0373. The third kappa shape index (κ3) is 8.81. The van der Waals surface area contributed by atoms with Crippen LogP contribution in [0.1, 0.15) is 156 Å². The van der Waals surface area contributed by atoms with Crippen LogP contribution in [0.2, 0.25) is 0 Å². The monoisotopic (exact) mass is 474 g/mol. The molecule has 6 atom stereocenters. The van der Waals surface area contributed by atoms with E-state index >= 15 is 0 Å². The molecular formula is C33H62O. The van der Waals surface area contributed by atoms with E-state index in [1.807, 2.05) is 0 Å². The van der Waals surface area contributed by atoms with E-state index in [-0.39, 0.29) is 0 Å². The Hall–Kier alpha value is -0.0400. The minimum Gasteiger partial charge on any atom is -0.396 e. The second-order valence-corrected chi connectivity index (χ2v) is 13.2. The lowest BCUT2D eigenvalue weighted by Crippen LogP contribution is -2.37. The van der Waals surface area contributed by atoms with E-state index in [4.69, 9.17) is 5.11 Å². The lowest BCUT2D eigenvalue weighted by atomic mass is 9.59. The van der Waals surface area contributed by atoms with Gasteiger partial charge in [-0.1, -0.05) is 124 Å². The molecule has 34 heavy (non-hydrogen) atoms. The predicted molar refractivity (Wildman–Crippen MR) is 149 cm³/mol. The van der Waals surface area contributed by atoms with Crippen LogP contribution in [0.5, 0.6) is 0 Å². The highest BCUT2D eigenvalue weighted by molar-refractivity contribution is 4.90. The van der Waals surface area contributed by atoms with Gasteiger partial charge < -0.3 is 5.11 Å². The van der Waals surface area contributed by atoms with Crippen molar-refractivity contribution in [2.75, 3.05) is 6.61 Å². The van der Waals surface area contributed by atoms with Crippen molar-refractivity contribution in [1.29, 1.82) is 0 Å². The van der Waals surface area contributed by atoms with Gasteiger partial charge in [-0.3, -0.25) is 0 Å². The highest BCUT2D eigenvalue weighted by Gasteiger charge is 2.40. The molecule has 0 saturated heterocycles. The maximum atomic E-state index is 9.14. The summed E-state index contributed by atoms with van der Waals surface area (Å²) in [6, 6.07) is 0. The highest BCUT2D eigenvalue weighted by Crippen LogP contribution is 2.50. The van der Waals surface area contributed by atoms with E-state index in [1.165, 1.54) is 70.6 Å². The summed E-state index contributed by atoms with van der Waals surface area (Å²) in [7, 11) is 0. The van der Waals surface area contributed by atoms with Gasteiger partial charge in [0.1, 0.15) is 0 Å². The molecule has 3 rings (SSSR count). The largest absolute Gasteiger partial charge is 0.396 e. The van der Waals surface area contributed by atoms with Crippen molar-refractivity contribution >= 4 is 0 Å². The van der Waals surface area contributed by atoms with Gasteiger partial charge in [0.25, 0.3) is 0 Å². The van der Waals surface area contributed by atoms with Gasteiger partial charge in [0.15, 0.2) is 0 Å². The van der Waals surface area contributed by atoms with Gasteiger partial charge in [0.2, 0.25) is 0 Å². The molecule has 6 unspecified atom stereocenters. The van der Waals surface area contributed by atoms with Crippen molar-refractivity contribution in [2.45, 2.75) is 156 Å². The van der Waals surface area contributed by atoms with E-state index in [0.29, 0.717) is 6.61 Å². The van der Waals surface area contributed by atoms with Crippen molar-refractivity contribution < 1.29 is 5.11 Å². The lowest BCUT2D eigenvalue weighted by Gasteiger charge is -2.46. The minimum absolute atomic E-state index is 0.383. The Morgan fingerprint density at radius 1 is 0.500 bits per heavy atom. The molecule has 1 nitrogen and oxygen atoms in total. The summed E-state index contributed by atoms with van der Waals surface area (Å²) >= 11 is 0. The van der Waals surface area contributed by atoms with Crippen LogP contribution in [0, 0.1) is 47.3 Å². The summed E-state index contributed by atoms with van der Waals surface area (Å²) in [4.78, 5) is 0. The standard InChI is InChI=1S/C33H62O/c1-4-7-8-11-26-13-15-27(16-14-26)17-18-29-20-22-33(31(6-3)25-29)32-21-19-28(12-9-10-23-34)24-30(32)5-2/h26-34H,4-25H2,1-3H3. The van der Waals surface area contributed by atoms with Crippen LogP contribution >= 0.6 is 0 Å². The van der Waals surface area contributed by atoms with Crippen LogP contribution in [-0.4, -0.2) is 11.7 Å². The first-order chi connectivity index (χ1) is 16.7. The average Bonchev–Trinajstić information content (AvgIpc) is 2.88. The SMILES string of the molecule is CCCCCC1CCC(CCC2CCC(C3CCC(CCCCO)CC3CC)C(CC)C2)CC1. The molecule has 0 amide bonds. The normalized spacial score (nSPS) is 37.1. The van der Waals surface area contributed by atoms with Crippen LogP contribution in [0.25, 0.3) is 0 Å². The van der Waals surface area contributed by atoms with Crippen LogP contribution in [0.3, 0.4) is 0 Å². The first-order valence-corrected chi connectivity index (χ1v) is 16.3. The highest BCUT2D eigenvalue weighted by atomic mass is 16.2. The first kappa shape index (κ1) is 28.5. The number of unbranched alkanes of at least 4 members (excludes halogenated alkanes) is 3. The molecule has 3 aliphatic carbocycles. The summed E-state index contributed by atoms with van der Waals surface area (Å²) in [6.45, 7) is 7.69. The quantitative estimate of drug-likeness (QED) is 0.248. The van der Waals surface area contributed by atoms with Crippen molar-refractivity contribution in [3.05, 3.63) is 0 Å². The molecule has 3 aliphatic rings. The Kier molecular flexibility index (Phi) is 13.4. The van der Waals surface area contributed by atoms with Crippen LogP contribution in [0.15, 0.2) is 0 Å². The van der Waals surface area contributed by atoms with Crippen molar-refractivity contribution in [3.8, 4) is 0 Å². The number of rotatable bonds is 14. The summed E-state index contributed by atoms with van der Waals surface area (Å²) in [5.74, 6) is 8.17. The van der Waals surface area contributed by atoms with Gasteiger partial charge in [-0.15, -0.1) is 0 Å². The van der Waals surface area contributed by atoms with E-state index in [0.717, 1.165) is 53.8 Å². The zero-order valence-electron chi connectivity index (χ0n) is 23.6. The second kappa shape index (κ2) is 15.9. The van der Waals surface area contributed by atoms with Crippen molar-refractivity contribution in [1.82, 2.24) is 0 Å². The Bertz CT molecular complexity index is 507. The molecule has 3 saturated carbocycles. The fourth-order valence-electron chi connectivity index (χ4n) is 8.87. The molecule has 0 aromatic carbocycles. The van der Waals surface area contributed by atoms with E-state index in [2.05, 4.69) is 20.8 Å². The number of aliphatic hydroxyl groups is 1. The molecule has 0 aromatic heterocycles. The number of hydrogen-bond acceptors (Lipinski definition) is 1. The fourth-order valence-corrected chi connectivity index (χ4v) is 8.87. The molecule has 3 fully saturated rings. The van der Waals surface area contributed by atoms with E-state index in [9.17, 15) is 0 Å². The van der Waals surface area contributed by atoms with Gasteiger partial charge in [0, 0.05) is 6.61 Å². The van der Waals surface area contributed by atoms with Gasteiger partial charge >= 0.3 is 0 Å². The van der Waals surface area contributed by atoms with E-state index in [1.54, 1.807) is 57.8 Å². The summed E-state index contributed by atoms with van der Waals surface area (Å²) < 4.78 is 0. The smallest absolute Gasteiger partial charge is 0.0431 e. The predicted octanol–water partition coefficient (Wildman–Crippen LogP) is 10.2. The van der Waals surface area contributed by atoms with Crippen LogP contribution in [-0.2, 0) is 0 Å². The fraction of sp³-hybridized carbons (Fsp3) is 1.00. The van der Waals surface area contributed by atoms with Crippen molar-refractivity contribution in [3.63, 3.8) is 0 Å². The third-order valence-electron chi connectivity index (χ3n) is 11.1. The van der Waals surface area contributed by atoms with Gasteiger partial charge in [-0.25, -0.2) is 0 Å². The second-order valence-electron chi connectivity index (χ2n) is 13.2. The third-order valence-corrected chi connectivity index (χ3v) is 11.1. The molecule has 0 radical (unpaired) electrons. The zero-order chi connectivity index (χ0) is 24.2. The van der Waals surface area contributed by atoms with Gasteiger partial charge in [-0.2, -0.15) is 0 Å². The minimum atomic E-state index is 0.383. The molecule has 0 aromatic rings. The summed E-state index contributed by atoms with van der Waals surface area (Å²) in [5, 5.41) is 9.14. The molecule has 0 heterocycles. The Labute approximate surface area is 214 Å². The Morgan fingerprint density at radius 2 is 0.941 bits per heavy atom. The van der Waals surface area contributed by atoms with Gasteiger partial charge in [0.05, 0.1) is 0 Å². The molecule has 0 bridgehead atoms. The summed E-state index contributed by atoms with van der Waals surface area (Å²) in [5.41, 5.74) is 0. The summed E-state index contributed by atoms with van der Waals surface area (Å²) in [6.07, 6.45) is 30.7. The Balaban J connectivity index is 1.39. The maximum absolute atomic E-state index is 9.14. The first-order valence-electron chi connectivity index (χ1n) is 16.3. The Morgan fingerprint density at radius 3 is 1.47 bits per heavy atom. The van der Waals surface area contributed by atoms with Crippen molar-refractivity contribution in [2.24, 2.45) is 47.3 Å². The van der Waals surface area contributed by atoms with Gasteiger partial charge in [-0.05, 0) is 79.4 Å². The van der Waals surface area contributed by atoms with Crippen LogP contribution < -0.4 is 0 Å². The van der Waals surface area contributed by atoms with Crippen LogP contribution in [0.4, 0.5) is 0 Å².